The molecule has 34 heavy (non-hydrogen) atoms. The van der Waals surface area contributed by atoms with Gasteiger partial charge in [-0.15, -0.1) is 0 Å². The minimum atomic E-state index is -0.498. The van der Waals surface area contributed by atoms with E-state index in [1.54, 1.807) is 10.7 Å². The van der Waals surface area contributed by atoms with Crippen molar-refractivity contribution >= 4 is 11.6 Å². The van der Waals surface area contributed by atoms with Crippen LogP contribution < -0.4 is 4.90 Å². The van der Waals surface area contributed by atoms with Crippen LogP contribution in [0.4, 0.5) is 10.1 Å². The molecule has 176 valence electrons. The Kier molecular flexibility index (Phi) is 5.10. The van der Waals surface area contributed by atoms with Crippen molar-refractivity contribution in [1.82, 2.24) is 14.7 Å². The Morgan fingerprint density at radius 1 is 1.15 bits per heavy atom. The van der Waals surface area contributed by atoms with Crippen LogP contribution in [0.1, 0.15) is 48.9 Å². The predicted molar refractivity (Wildman–Crippen MR) is 131 cm³/mol. The minimum Gasteiger partial charge on any atom is -0.307 e. The zero-order chi connectivity index (χ0) is 23.4. The zero-order valence-corrected chi connectivity index (χ0v) is 19.9. The van der Waals surface area contributed by atoms with E-state index in [9.17, 15) is 4.79 Å². The standard InChI is InChI=1S/C28H31FN4O/c1-19-23(17-31(2)30-19)20-11-12-21(25(29)15-20)16-33-26-10-6-5-9-24(26)28(27(33)34)13-14-32(18-28)22-7-3-4-8-22/h5-6,9-12,15,17,22H,3-4,7-8,13-14,16,18H2,1-2H3. The number of carbonyl (C=O) groups excluding carboxylic acids is 1. The number of benzene rings is 2. The first-order valence-corrected chi connectivity index (χ1v) is 12.4. The van der Waals surface area contributed by atoms with Crippen LogP contribution in [0, 0.1) is 12.7 Å². The Morgan fingerprint density at radius 3 is 2.68 bits per heavy atom. The number of anilines is 1. The Morgan fingerprint density at radius 2 is 1.94 bits per heavy atom. The number of hydrogen-bond acceptors (Lipinski definition) is 3. The monoisotopic (exact) mass is 458 g/mol. The van der Waals surface area contributed by atoms with Gasteiger partial charge in [-0.3, -0.25) is 14.4 Å². The first-order valence-electron chi connectivity index (χ1n) is 12.4. The molecule has 1 unspecified atom stereocenters. The van der Waals surface area contributed by atoms with Crippen LogP contribution in [0.5, 0.6) is 0 Å². The lowest BCUT2D eigenvalue weighted by Crippen LogP contribution is -2.43. The molecule has 1 atom stereocenters. The molecule has 3 aromatic rings. The number of rotatable bonds is 4. The second-order valence-corrected chi connectivity index (χ2v) is 10.3. The third-order valence-corrected chi connectivity index (χ3v) is 8.21. The van der Waals surface area contributed by atoms with Crippen molar-refractivity contribution in [1.29, 1.82) is 0 Å². The second kappa shape index (κ2) is 8.05. The number of aryl methyl sites for hydroxylation is 2. The van der Waals surface area contributed by atoms with Gasteiger partial charge in [-0.2, -0.15) is 5.10 Å². The highest BCUT2D eigenvalue weighted by atomic mass is 19.1. The molecular weight excluding hydrogens is 427 g/mol. The molecule has 1 saturated carbocycles. The molecule has 6 heteroatoms. The van der Waals surface area contributed by atoms with Crippen molar-refractivity contribution in [2.24, 2.45) is 7.05 Å². The van der Waals surface area contributed by atoms with Gasteiger partial charge < -0.3 is 4.90 Å². The fraction of sp³-hybridized carbons (Fsp3) is 0.429. The number of carbonyl (C=O) groups is 1. The summed E-state index contributed by atoms with van der Waals surface area (Å²) in [6.45, 7) is 3.92. The summed E-state index contributed by atoms with van der Waals surface area (Å²) in [5.41, 5.74) is 4.69. The number of para-hydroxylation sites is 1. The summed E-state index contributed by atoms with van der Waals surface area (Å²) in [7, 11) is 1.87. The molecule has 6 rings (SSSR count). The van der Waals surface area contributed by atoms with E-state index >= 15 is 4.39 Å². The molecule has 2 aromatic carbocycles. The number of fused-ring (bicyclic) bond motifs is 2. The van der Waals surface area contributed by atoms with Crippen LogP contribution in [-0.4, -0.2) is 39.7 Å². The fourth-order valence-corrected chi connectivity index (χ4v) is 6.46. The van der Waals surface area contributed by atoms with Gasteiger partial charge in [0.25, 0.3) is 0 Å². The van der Waals surface area contributed by atoms with E-state index in [4.69, 9.17) is 0 Å². The van der Waals surface area contributed by atoms with Crippen LogP contribution in [0.15, 0.2) is 48.7 Å². The van der Waals surface area contributed by atoms with Gasteiger partial charge in [0, 0.05) is 42.6 Å². The van der Waals surface area contributed by atoms with E-state index in [-0.39, 0.29) is 18.3 Å². The molecule has 1 aromatic heterocycles. The van der Waals surface area contributed by atoms with Crippen molar-refractivity contribution in [3.63, 3.8) is 0 Å². The lowest BCUT2D eigenvalue weighted by atomic mass is 9.81. The fourth-order valence-electron chi connectivity index (χ4n) is 6.46. The maximum absolute atomic E-state index is 15.3. The van der Waals surface area contributed by atoms with Gasteiger partial charge in [-0.25, -0.2) is 4.39 Å². The van der Waals surface area contributed by atoms with Gasteiger partial charge >= 0.3 is 0 Å². The molecule has 0 radical (unpaired) electrons. The molecule has 3 aliphatic rings. The maximum atomic E-state index is 15.3. The Balaban J connectivity index is 1.30. The van der Waals surface area contributed by atoms with Gasteiger partial charge in [0.15, 0.2) is 0 Å². The Hall–Kier alpha value is -2.99. The second-order valence-electron chi connectivity index (χ2n) is 10.3. The molecule has 5 nitrogen and oxygen atoms in total. The molecule has 1 spiro atoms. The summed E-state index contributed by atoms with van der Waals surface area (Å²) in [5.74, 6) is -0.160. The van der Waals surface area contributed by atoms with Crippen LogP contribution in [0.3, 0.4) is 0 Å². The lowest BCUT2D eigenvalue weighted by Gasteiger charge is -2.27. The van der Waals surface area contributed by atoms with Crippen molar-refractivity contribution in [3.8, 4) is 11.1 Å². The number of halogens is 1. The van der Waals surface area contributed by atoms with Crippen molar-refractivity contribution in [3.05, 3.63) is 71.3 Å². The topological polar surface area (TPSA) is 41.4 Å². The molecule has 0 bridgehead atoms. The van der Waals surface area contributed by atoms with Crippen molar-refractivity contribution < 1.29 is 9.18 Å². The van der Waals surface area contributed by atoms with Crippen LogP contribution in [0.25, 0.3) is 11.1 Å². The van der Waals surface area contributed by atoms with E-state index in [0.29, 0.717) is 11.6 Å². The highest BCUT2D eigenvalue weighted by Gasteiger charge is 2.55. The van der Waals surface area contributed by atoms with Crippen LogP contribution >= 0.6 is 0 Å². The van der Waals surface area contributed by atoms with Gasteiger partial charge in [0.05, 0.1) is 17.7 Å². The predicted octanol–water partition coefficient (Wildman–Crippen LogP) is 4.97. The molecule has 0 N–H and O–H groups in total. The van der Waals surface area contributed by atoms with E-state index in [2.05, 4.69) is 16.1 Å². The molecule has 1 saturated heterocycles. The molecule has 2 fully saturated rings. The van der Waals surface area contributed by atoms with Crippen LogP contribution in [0.2, 0.25) is 0 Å². The number of nitrogens with zero attached hydrogens (tertiary/aromatic N) is 4. The van der Waals surface area contributed by atoms with Crippen molar-refractivity contribution in [2.45, 2.75) is 57.0 Å². The number of amides is 1. The zero-order valence-electron chi connectivity index (χ0n) is 19.9. The van der Waals surface area contributed by atoms with E-state index < -0.39 is 5.41 Å². The molecule has 1 aliphatic carbocycles. The van der Waals surface area contributed by atoms with Gasteiger partial charge in [0.1, 0.15) is 5.82 Å². The SMILES string of the molecule is Cc1nn(C)cc1-c1ccc(CN2C(=O)C3(CCN(C4CCCC4)C3)c3ccccc32)c(F)c1. The Labute approximate surface area is 200 Å². The van der Waals surface area contributed by atoms with Crippen LogP contribution in [-0.2, 0) is 23.8 Å². The molecule has 2 aliphatic heterocycles. The lowest BCUT2D eigenvalue weighted by molar-refractivity contribution is -0.123. The van der Waals surface area contributed by atoms with E-state index in [0.717, 1.165) is 47.6 Å². The average Bonchev–Trinajstić information content (AvgIpc) is 3.60. The quantitative estimate of drug-likeness (QED) is 0.555. The minimum absolute atomic E-state index is 0.126. The smallest absolute Gasteiger partial charge is 0.239 e. The summed E-state index contributed by atoms with van der Waals surface area (Å²) in [6, 6.07) is 14.1. The summed E-state index contributed by atoms with van der Waals surface area (Å²) >= 11 is 0. The summed E-state index contributed by atoms with van der Waals surface area (Å²) in [5, 5.41) is 4.37. The first kappa shape index (κ1) is 21.5. The van der Waals surface area contributed by atoms with E-state index in [1.807, 2.05) is 55.4 Å². The highest BCUT2D eigenvalue weighted by molar-refractivity contribution is 6.08. The summed E-state index contributed by atoms with van der Waals surface area (Å²) in [4.78, 5) is 18.3. The van der Waals surface area contributed by atoms with Gasteiger partial charge in [-0.1, -0.05) is 43.2 Å². The number of hydrogen-bond donors (Lipinski definition) is 0. The number of aromatic nitrogens is 2. The highest BCUT2D eigenvalue weighted by Crippen LogP contribution is 2.49. The largest absolute Gasteiger partial charge is 0.307 e. The average molecular weight is 459 g/mol. The number of likely N-dealkylation sites (tertiary alicyclic amines) is 1. The summed E-state index contributed by atoms with van der Waals surface area (Å²) in [6.07, 6.45) is 7.81. The summed E-state index contributed by atoms with van der Waals surface area (Å²) < 4.78 is 17.0. The van der Waals surface area contributed by atoms with Gasteiger partial charge in [0.2, 0.25) is 5.91 Å². The first-order chi connectivity index (χ1) is 16.5. The molecular formula is C28H31FN4O. The van der Waals surface area contributed by atoms with Gasteiger partial charge in [-0.05, 0) is 56.0 Å². The van der Waals surface area contributed by atoms with E-state index in [1.165, 1.54) is 25.7 Å². The molecule has 1 amide bonds. The third kappa shape index (κ3) is 3.30. The normalized spacial score (nSPS) is 22.9. The van der Waals surface area contributed by atoms with Crippen molar-refractivity contribution in [2.75, 3.05) is 18.0 Å². The Bertz CT molecular complexity index is 1260. The third-order valence-electron chi connectivity index (χ3n) is 8.21. The maximum Gasteiger partial charge on any atom is 0.239 e. The molecule has 3 heterocycles.